The van der Waals surface area contributed by atoms with E-state index in [0.717, 1.165) is 22.3 Å². The van der Waals surface area contributed by atoms with Crippen molar-refractivity contribution in [2.45, 2.75) is 18.9 Å². The molecule has 0 N–H and O–H groups in total. The summed E-state index contributed by atoms with van der Waals surface area (Å²) in [5.74, 6) is 1.27. The Labute approximate surface area is 198 Å². The van der Waals surface area contributed by atoms with E-state index < -0.39 is 19.2 Å². The van der Waals surface area contributed by atoms with Crippen LogP contribution in [0.3, 0.4) is 0 Å². The second kappa shape index (κ2) is 8.51. The van der Waals surface area contributed by atoms with E-state index in [2.05, 4.69) is 0 Å². The highest BCUT2D eigenvalue weighted by Crippen LogP contribution is 2.56. The summed E-state index contributed by atoms with van der Waals surface area (Å²) in [6.07, 6.45) is -0.348. The maximum absolute atomic E-state index is 13.1. The van der Waals surface area contributed by atoms with Gasteiger partial charge < -0.3 is 33.0 Å². The van der Waals surface area contributed by atoms with Gasteiger partial charge in [-0.3, -0.25) is 4.79 Å². The van der Waals surface area contributed by atoms with Crippen molar-refractivity contribution in [3.05, 3.63) is 46.5 Å². The van der Waals surface area contributed by atoms with Crippen LogP contribution in [0.25, 0.3) is 0 Å². The number of carbonyl (C=O) groups is 1. The normalized spacial score (nSPS) is 24.9. The highest BCUT2D eigenvalue weighted by Gasteiger charge is 2.53. The Balaban J connectivity index is 1.71. The number of rotatable bonds is 6. The Bertz CT molecular complexity index is 1160. The average molecular weight is 488 g/mol. The second-order valence-electron chi connectivity index (χ2n) is 9.47. The lowest BCUT2D eigenvalue weighted by Crippen LogP contribution is -2.36. The van der Waals surface area contributed by atoms with E-state index >= 15 is 0 Å². The summed E-state index contributed by atoms with van der Waals surface area (Å²) >= 11 is 0. The maximum Gasteiger partial charge on any atom is 0.310 e. The molecule has 2 aromatic rings. The number of hydrogen-bond donors (Lipinski definition) is 0. The van der Waals surface area contributed by atoms with Crippen molar-refractivity contribution in [3.63, 3.8) is 0 Å². The predicted molar refractivity (Wildman–Crippen MR) is 125 cm³/mol. The van der Waals surface area contributed by atoms with Crippen LogP contribution in [0, 0.1) is 18.8 Å². The lowest BCUT2D eigenvalue weighted by atomic mass is 9.66. The van der Waals surface area contributed by atoms with Gasteiger partial charge in [0.25, 0.3) is 0 Å². The first-order valence-corrected chi connectivity index (χ1v) is 14.0. The molecular formula is C25H29O8P. The number of carbonyl (C=O) groups excluding carboxylic acids is 1. The Kier molecular flexibility index (Phi) is 5.77. The van der Waals surface area contributed by atoms with Gasteiger partial charge in [-0.15, -0.1) is 0 Å². The van der Waals surface area contributed by atoms with E-state index in [1.165, 1.54) is 0 Å². The van der Waals surface area contributed by atoms with Crippen LogP contribution >= 0.6 is 7.14 Å². The number of esters is 1. The molecule has 0 bridgehead atoms. The van der Waals surface area contributed by atoms with Crippen LogP contribution in [0.1, 0.15) is 34.3 Å². The van der Waals surface area contributed by atoms with Crippen LogP contribution < -0.4 is 18.9 Å². The van der Waals surface area contributed by atoms with Crippen LogP contribution in [-0.4, -0.2) is 53.3 Å². The fourth-order valence-corrected chi connectivity index (χ4v) is 5.79. The zero-order valence-corrected chi connectivity index (χ0v) is 20.8. The number of hydrogen-bond acceptors (Lipinski definition) is 8. The van der Waals surface area contributed by atoms with Gasteiger partial charge in [-0.2, -0.15) is 0 Å². The zero-order valence-electron chi connectivity index (χ0n) is 20.0. The first-order chi connectivity index (χ1) is 16.2. The summed E-state index contributed by atoms with van der Waals surface area (Å²) in [7, 11) is 0.779. The molecule has 4 atom stereocenters. The Morgan fingerprint density at radius 1 is 0.971 bits per heavy atom. The van der Waals surface area contributed by atoms with E-state index in [4.69, 9.17) is 28.4 Å². The van der Waals surface area contributed by atoms with Gasteiger partial charge in [0.05, 0.1) is 32.8 Å². The summed E-state index contributed by atoms with van der Waals surface area (Å²) < 4.78 is 46.9. The van der Waals surface area contributed by atoms with Crippen LogP contribution in [0.4, 0.5) is 0 Å². The molecule has 8 nitrogen and oxygen atoms in total. The van der Waals surface area contributed by atoms with Crippen molar-refractivity contribution in [2.24, 2.45) is 11.8 Å². The van der Waals surface area contributed by atoms with E-state index in [1.807, 2.05) is 31.2 Å². The van der Waals surface area contributed by atoms with Crippen molar-refractivity contribution < 1.29 is 37.8 Å². The van der Waals surface area contributed by atoms with Gasteiger partial charge in [-0.05, 0) is 61.2 Å². The van der Waals surface area contributed by atoms with Crippen molar-refractivity contribution >= 4 is 13.1 Å². The summed E-state index contributed by atoms with van der Waals surface area (Å²) in [5.41, 5.74) is 3.54. The first kappa shape index (κ1) is 23.1. The molecule has 1 fully saturated rings. The van der Waals surface area contributed by atoms with E-state index in [1.54, 1.807) is 27.5 Å². The molecule has 0 spiro atoms. The van der Waals surface area contributed by atoms with Gasteiger partial charge >= 0.3 is 5.97 Å². The van der Waals surface area contributed by atoms with Crippen molar-refractivity contribution in [3.8, 4) is 23.0 Å². The molecule has 2 aromatic carbocycles. The van der Waals surface area contributed by atoms with Crippen LogP contribution in [-0.2, 0) is 18.8 Å². The van der Waals surface area contributed by atoms with Gasteiger partial charge in [0.15, 0.2) is 11.5 Å². The largest absolute Gasteiger partial charge is 0.496 e. The molecule has 2 aliphatic heterocycles. The van der Waals surface area contributed by atoms with Crippen LogP contribution in [0.5, 0.6) is 23.0 Å². The predicted octanol–water partition coefficient (Wildman–Crippen LogP) is 4.31. The molecule has 34 heavy (non-hydrogen) atoms. The minimum Gasteiger partial charge on any atom is -0.496 e. The zero-order chi connectivity index (χ0) is 24.2. The van der Waals surface area contributed by atoms with Crippen molar-refractivity contribution in [1.82, 2.24) is 0 Å². The maximum atomic E-state index is 13.1. The average Bonchev–Trinajstić information content (AvgIpc) is 3.41. The van der Waals surface area contributed by atoms with Gasteiger partial charge in [0.2, 0.25) is 6.79 Å². The highest BCUT2D eigenvalue weighted by molar-refractivity contribution is 7.62. The van der Waals surface area contributed by atoms with E-state index in [9.17, 15) is 9.36 Å². The van der Waals surface area contributed by atoms with Gasteiger partial charge in [-0.25, -0.2) is 0 Å². The Hall–Kier alpha value is -2.70. The molecule has 2 heterocycles. The van der Waals surface area contributed by atoms with E-state index in [0.29, 0.717) is 23.0 Å². The second-order valence-corrected chi connectivity index (χ2v) is 12.9. The third kappa shape index (κ3) is 3.83. The molecule has 5 rings (SSSR count). The Morgan fingerprint density at radius 2 is 1.59 bits per heavy atom. The highest BCUT2D eigenvalue weighted by atomic mass is 31.2. The molecule has 182 valence electrons. The Morgan fingerprint density at radius 3 is 2.18 bits per heavy atom. The van der Waals surface area contributed by atoms with Gasteiger partial charge in [0, 0.05) is 17.4 Å². The monoisotopic (exact) mass is 488 g/mol. The molecule has 0 amide bonds. The van der Waals surface area contributed by atoms with Crippen LogP contribution in [0.15, 0.2) is 24.3 Å². The minimum atomic E-state index is -2.45. The summed E-state index contributed by atoms with van der Waals surface area (Å²) in [4.78, 5) is 13.1. The van der Waals surface area contributed by atoms with Crippen molar-refractivity contribution in [2.75, 3.05) is 47.3 Å². The minimum absolute atomic E-state index is 0.111. The summed E-state index contributed by atoms with van der Waals surface area (Å²) in [6, 6.07) is 7.75. The van der Waals surface area contributed by atoms with Gasteiger partial charge in [0.1, 0.15) is 25.0 Å². The standard InChI is InChI=1S/C25H29O8P/c1-13-18(28-2)6-14(7-19(13)29-3)22-15-8-20-21(32-11-31-20)9-16(15)24(33-12-34(4,5)27)17-10-30-25(26)23(17)22/h6-9,17,22-24H,10-12H2,1-5H3/t17-,22+,23-,24+/m0/s1. The molecule has 0 radical (unpaired) electrons. The quantitative estimate of drug-likeness (QED) is 0.439. The summed E-state index contributed by atoms with van der Waals surface area (Å²) in [5, 5.41) is 0. The van der Waals surface area contributed by atoms with E-state index in [-0.39, 0.29) is 37.6 Å². The third-order valence-electron chi connectivity index (χ3n) is 6.82. The molecule has 0 saturated carbocycles. The number of benzene rings is 2. The first-order valence-electron chi connectivity index (χ1n) is 11.2. The van der Waals surface area contributed by atoms with Gasteiger partial charge in [-0.1, -0.05) is 0 Å². The fourth-order valence-electron chi connectivity index (χ4n) is 5.27. The SMILES string of the molecule is COc1cc([C@@H]2c3cc4c(cc3[C@@H](OCP(C)(C)=O)[C@H]3COC(=O)[C@H]23)OCO4)cc(OC)c1C. The molecule has 9 heteroatoms. The smallest absolute Gasteiger partial charge is 0.310 e. The third-order valence-corrected chi connectivity index (χ3v) is 7.59. The lowest BCUT2D eigenvalue weighted by Gasteiger charge is -2.39. The molecular weight excluding hydrogens is 459 g/mol. The topological polar surface area (TPSA) is 89.5 Å². The van der Waals surface area contributed by atoms with Crippen LogP contribution in [0.2, 0.25) is 0 Å². The lowest BCUT2D eigenvalue weighted by molar-refractivity contribution is -0.141. The van der Waals surface area contributed by atoms with Crippen molar-refractivity contribution in [1.29, 1.82) is 0 Å². The number of fused-ring (bicyclic) bond motifs is 3. The molecule has 0 unspecified atom stereocenters. The molecule has 0 aromatic heterocycles. The fraction of sp³-hybridized carbons (Fsp3) is 0.480. The number of cyclic esters (lactones) is 1. The molecule has 1 saturated heterocycles. The molecule has 3 aliphatic rings. The molecule has 1 aliphatic carbocycles. The number of methoxy groups -OCH3 is 2. The number of ether oxygens (including phenoxy) is 6. The summed E-state index contributed by atoms with van der Waals surface area (Å²) in [6.45, 7) is 5.68.